The first-order valence-corrected chi connectivity index (χ1v) is 10.9. The summed E-state index contributed by atoms with van der Waals surface area (Å²) in [5, 5.41) is 0.418. The summed E-state index contributed by atoms with van der Waals surface area (Å²) in [6.07, 6.45) is -0.362. The Hall–Kier alpha value is -1.77. The summed E-state index contributed by atoms with van der Waals surface area (Å²) in [6, 6.07) is 5.08. The van der Waals surface area contributed by atoms with Gasteiger partial charge in [-0.2, -0.15) is 0 Å². The fraction of sp³-hybridized carbons (Fsp3) is 0.636. The highest BCUT2D eigenvalue weighted by molar-refractivity contribution is 6.65. The minimum absolute atomic E-state index is 0.0680. The minimum Gasteiger partial charge on any atom is -0.444 e. The van der Waals surface area contributed by atoms with Crippen molar-refractivity contribution in [2.75, 3.05) is 20.1 Å². The Bertz CT molecular complexity index is 861. The van der Waals surface area contributed by atoms with Gasteiger partial charge in [-0.25, -0.2) is 4.79 Å². The largest absolute Gasteiger partial charge is 0.496 e. The molecule has 0 aliphatic carbocycles. The van der Waals surface area contributed by atoms with Gasteiger partial charge in [0.05, 0.1) is 17.2 Å². The molecule has 0 unspecified atom stereocenters. The van der Waals surface area contributed by atoms with Crippen LogP contribution < -0.4 is 5.46 Å². The maximum Gasteiger partial charge on any atom is 0.496 e. The third-order valence-corrected chi connectivity index (χ3v) is 6.46. The normalized spacial score (nSPS) is 20.4. The van der Waals surface area contributed by atoms with E-state index in [4.69, 9.17) is 25.6 Å². The summed E-state index contributed by atoms with van der Waals surface area (Å²) in [7, 11) is 1.14. The number of amides is 2. The van der Waals surface area contributed by atoms with Crippen molar-refractivity contribution in [1.82, 2.24) is 9.80 Å². The lowest BCUT2D eigenvalue weighted by Crippen LogP contribution is -2.61. The van der Waals surface area contributed by atoms with Crippen LogP contribution in [0.25, 0.3) is 0 Å². The van der Waals surface area contributed by atoms with Gasteiger partial charge in [0.25, 0.3) is 5.91 Å². The van der Waals surface area contributed by atoms with Crippen LogP contribution in [0.1, 0.15) is 58.8 Å². The molecule has 7 nitrogen and oxygen atoms in total. The molecule has 1 aromatic rings. The van der Waals surface area contributed by atoms with Crippen LogP contribution in [0.4, 0.5) is 4.79 Å². The number of carbonyl (C=O) groups is 2. The maximum atomic E-state index is 12.9. The zero-order chi connectivity index (χ0) is 23.4. The molecule has 9 heteroatoms. The topological polar surface area (TPSA) is 68.3 Å². The fourth-order valence-corrected chi connectivity index (χ4v) is 3.64. The molecule has 170 valence electrons. The highest BCUT2D eigenvalue weighted by Gasteiger charge is 2.52. The van der Waals surface area contributed by atoms with E-state index in [1.807, 2.05) is 48.5 Å². The summed E-state index contributed by atoms with van der Waals surface area (Å²) in [6.45, 7) is 14.3. The predicted octanol–water partition coefficient (Wildman–Crippen LogP) is 3.33. The van der Waals surface area contributed by atoms with Crippen molar-refractivity contribution < 1.29 is 23.6 Å². The van der Waals surface area contributed by atoms with Gasteiger partial charge in [-0.3, -0.25) is 4.79 Å². The number of likely N-dealkylation sites (tertiary alicyclic amines) is 1. The van der Waals surface area contributed by atoms with E-state index in [0.29, 0.717) is 29.1 Å². The Kier molecular flexibility index (Phi) is 6.15. The Balaban J connectivity index is 1.63. The van der Waals surface area contributed by atoms with E-state index in [1.165, 1.54) is 0 Å². The van der Waals surface area contributed by atoms with Crippen molar-refractivity contribution in [2.45, 2.75) is 71.3 Å². The first kappa shape index (κ1) is 23.9. The van der Waals surface area contributed by atoms with E-state index in [2.05, 4.69) is 0 Å². The zero-order valence-corrected chi connectivity index (χ0v) is 20.4. The quantitative estimate of drug-likeness (QED) is 0.661. The van der Waals surface area contributed by atoms with Gasteiger partial charge in [0.15, 0.2) is 0 Å². The number of likely N-dealkylation sites (N-methyl/N-ethyl adjacent to an activating group) is 1. The lowest BCUT2D eigenvalue weighted by atomic mass is 9.78. The van der Waals surface area contributed by atoms with Gasteiger partial charge in [0.2, 0.25) is 0 Å². The number of ether oxygens (including phenoxy) is 1. The molecule has 3 rings (SSSR count). The first-order valence-electron chi connectivity index (χ1n) is 10.5. The molecule has 0 spiro atoms. The summed E-state index contributed by atoms with van der Waals surface area (Å²) in [5.74, 6) is -0.156. The number of nitrogens with zero attached hydrogens (tertiary/aromatic N) is 2. The molecule has 2 fully saturated rings. The molecule has 2 aliphatic rings. The second-order valence-electron chi connectivity index (χ2n) is 10.3. The van der Waals surface area contributed by atoms with E-state index >= 15 is 0 Å². The van der Waals surface area contributed by atoms with E-state index in [-0.39, 0.29) is 18.0 Å². The molecule has 2 amide bonds. The van der Waals surface area contributed by atoms with Crippen LogP contribution in [-0.4, -0.2) is 71.9 Å². The van der Waals surface area contributed by atoms with Crippen molar-refractivity contribution in [2.24, 2.45) is 0 Å². The molecule has 0 N–H and O–H groups in total. The summed E-state index contributed by atoms with van der Waals surface area (Å²) in [4.78, 5) is 28.3. The molecule has 0 bridgehead atoms. The lowest BCUT2D eigenvalue weighted by molar-refractivity contribution is -0.00906. The summed E-state index contributed by atoms with van der Waals surface area (Å²) < 4.78 is 17.5. The first-order chi connectivity index (χ1) is 14.1. The molecule has 0 saturated carbocycles. The van der Waals surface area contributed by atoms with E-state index in [9.17, 15) is 9.59 Å². The van der Waals surface area contributed by atoms with Gasteiger partial charge < -0.3 is 23.8 Å². The third-order valence-electron chi connectivity index (χ3n) is 6.14. The van der Waals surface area contributed by atoms with E-state index in [0.717, 1.165) is 0 Å². The van der Waals surface area contributed by atoms with Crippen molar-refractivity contribution in [3.63, 3.8) is 0 Å². The highest BCUT2D eigenvalue weighted by Crippen LogP contribution is 2.37. The third kappa shape index (κ3) is 4.86. The van der Waals surface area contributed by atoms with Gasteiger partial charge in [-0.1, -0.05) is 17.7 Å². The molecule has 0 atom stereocenters. The van der Waals surface area contributed by atoms with E-state index < -0.39 is 23.9 Å². The number of rotatable bonds is 3. The molecule has 0 aromatic heterocycles. The monoisotopic (exact) mass is 450 g/mol. The average molecular weight is 451 g/mol. The molecule has 2 saturated heterocycles. The number of hydrogen-bond donors (Lipinski definition) is 0. The predicted molar refractivity (Wildman–Crippen MR) is 121 cm³/mol. The van der Waals surface area contributed by atoms with Crippen LogP contribution in [0.3, 0.4) is 0 Å². The molecule has 2 heterocycles. The van der Waals surface area contributed by atoms with Gasteiger partial charge in [0, 0.05) is 36.2 Å². The Morgan fingerprint density at radius 3 is 2.19 bits per heavy atom. The van der Waals surface area contributed by atoms with Crippen LogP contribution in [0.5, 0.6) is 0 Å². The van der Waals surface area contributed by atoms with Gasteiger partial charge >= 0.3 is 13.2 Å². The standard InChI is InChI=1S/C22H32BClN2O5/c1-20(2,3)29-19(28)26-12-15(13-26)25(8)18(27)14-9-10-16(17(24)11-14)23-30-21(4,5)22(6,7)31-23/h9-11,15H,12-13H2,1-8H3. The highest BCUT2D eigenvalue weighted by atomic mass is 35.5. The minimum atomic E-state index is -0.589. The van der Waals surface area contributed by atoms with Crippen LogP contribution in [0.15, 0.2) is 18.2 Å². The molecule has 1 aromatic carbocycles. The molecule has 2 aliphatic heterocycles. The van der Waals surface area contributed by atoms with Crippen molar-refractivity contribution in [1.29, 1.82) is 0 Å². The van der Waals surface area contributed by atoms with Crippen LogP contribution in [0, 0.1) is 0 Å². The van der Waals surface area contributed by atoms with Gasteiger partial charge in [-0.15, -0.1) is 0 Å². The number of halogens is 1. The smallest absolute Gasteiger partial charge is 0.444 e. The van der Waals surface area contributed by atoms with Gasteiger partial charge in [-0.05, 0) is 60.6 Å². The second-order valence-corrected chi connectivity index (χ2v) is 10.7. The SMILES string of the molecule is CN(C(=O)c1ccc(B2OC(C)(C)C(C)(C)O2)c(Cl)c1)C1CN(C(=O)OC(C)(C)C)C1. The van der Waals surface area contributed by atoms with Crippen molar-refractivity contribution >= 4 is 36.2 Å². The number of benzene rings is 1. The molecule has 0 radical (unpaired) electrons. The fourth-order valence-electron chi connectivity index (χ4n) is 3.37. The molecular formula is C22H32BClN2O5. The summed E-state index contributed by atoms with van der Waals surface area (Å²) >= 11 is 6.50. The Labute approximate surface area is 190 Å². The van der Waals surface area contributed by atoms with Crippen molar-refractivity contribution in [3.8, 4) is 0 Å². The van der Waals surface area contributed by atoms with Crippen LogP contribution in [0.2, 0.25) is 5.02 Å². The zero-order valence-electron chi connectivity index (χ0n) is 19.6. The van der Waals surface area contributed by atoms with E-state index in [1.54, 1.807) is 35.0 Å². The Morgan fingerprint density at radius 1 is 1.16 bits per heavy atom. The lowest BCUT2D eigenvalue weighted by Gasteiger charge is -2.43. The maximum absolute atomic E-state index is 12.9. The molecular weight excluding hydrogens is 419 g/mol. The van der Waals surface area contributed by atoms with Gasteiger partial charge in [0.1, 0.15) is 5.60 Å². The van der Waals surface area contributed by atoms with Crippen LogP contribution >= 0.6 is 11.6 Å². The number of carbonyl (C=O) groups excluding carboxylic acids is 2. The summed E-state index contributed by atoms with van der Waals surface area (Å²) in [5.41, 5.74) is -0.317. The molecule has 31 heavy (non-hydrogen) atoms. The van der Waals surface area contributed by atoms with Crippen LogP contribution in [-0.2, 0) is 14.0 Å². The van der Waals surface area contributed by atoms with Crippen molar-refractivity contribution in [3.05, 3.63) is 28.8 Å². The number of hydrogen-bond acceptors (Lipinski definition) is 5. The second kappa shape index (κ2) is 7.98. The Morgan fingerprint density at radius 2 is 1.71 bits per heavy atom. The average Bonchev–Trinajstić information content (AvgIpc) is 2.78.